The molecule has 2 atom stereocenters. The van der Waals surface area contributed by atoms with E-state index in [0.29, 0.717) is 11.3 Å². The summed E-state index contributed by atoms with van der Waals surface area (Å²) in [6.07, 6.45) is 5.45. The predicted molar refractivity (Wildman–Crippen MR) is 66.6 cm³/mol. The van der Waals surface area contributed by atoms with Crippen LogP contribution < -0.4 is 5.32 Å². The lowest BCUT2D eigenvalue weighted by molar-refractivity contribution is 0.280. The van der Waals surface area contributed by atoms with E-state index in [-0.39, 0.29) is 0 Å². The maximum absolute atomic E-state index is 5.76. The zero-order valence-corrected chi connectivity index (χ0v) is 10.5. The van der Waals surface area contributed by atoms with Gasteiger partial charge in [-0.15, -0.1) is 0 Å². The normalized spacial score (nSPS) is 30.1. The second kappa shape index (κ2) is 5.00. The van der Waals surface area contributed by atoms with Crippen LogP contribution in [0.2, 0.25) is 5.28 Å². The fourth-order valence-electron chi connectivity index (χ4n) is 2.69. The van der Waals surface area contributed by atoms with E-state index >= 15 is 0 Å². The topological polar surface area (TPSA) is 37.8 Å². The standard InChI is InChI=1S/C12H18ClN3/c1-8-5-9(2)7-10(6-8)15-11-3-4-14-12(13)16-11/h3-4,8-10H,5-7H2,1-2H3,(H,14,15,16). The lowest BCUT2D eigenvalue weighted by Crippen LogP contribution is -2.30. The Kier molecular flexibility index (Phi) is 3.64. The van der Waals surface area contributed by atoms with Crippen LogP contribution in [0, 0.1) is 11.8 Å². The fourth-order valence-corrected chi connectivity index (χ4v) is 2.84. The Hall–Kier alpha value is -0.830. The molecule has 2 unspecified atom stereocenters. The minimum absolute atomic E-state index is 0.307. The Balaban J connectivity index is 1.98. The van der Waals surface area contributed by atoms with Crippen molar-refractivity contribution in [3.63, 3.8) is 0 Å². The van der Waals surface area contributed by atoms with E-state index in [2.05, 4.69) is 29.1 Å². The van der Waals surface area contributed by atoms with Crippen molar-refractivity contribution < 1.29 is 0 Å². The molecule has 0 aliphatic heterocycles. The van der Waals surface area contributed by atoms with Crippen LogP contribution in [0.1, 0.15) is 33.1 Å². The fraction of sp³-hybridized carbons (Fsp3) is 0.667. The molecule has 1 aromatic heterocycles. The summed E-state index contributed by atoms with van der Waals surface area (Å²) in [5.41, 5.74) is 0. The number of aromatic nitrogens is 2. The van der Waals surface area contributed by atoms with Crippen molar-refractivity contribution in [2.75, 3.05) is 5.32 Å². The van der Waals surface area contributed by atoms with Crippen molar-refractivity contribution in [1.29, 1.82) is 0 Å². The number of anilines is 1. The van der Waals surface area contributed by atoms with E-state index in [4.69, 9.17) is 11.6 Å². The predicted octanol–water partition coefficient (Wildman–Crippen LogP) is 3.37. The van der Waals surface area contributed by atoms with Gasteiger partial charge in [-0.05, 0) is 48.8 Å². The first-order valence-electron chi connectivity index (χ1n) is 5.88. The number of hydrogen-bond donors (Lipinski definition) is 1. The molecule has 16 heavy (non-hydrogen) atoms. The van der Waals surface area contributed by atoms with Crippen LogP contribution in [0.15, 0.2) is 12.3 Å². The Bertz CT molecular complexity index is 346. The van der Waals surface area contributed by atoms with E-state index < -0.39 is 0 Å². The molecule has 0 saturated heterocycles. The zero-order valence-electron chi connectivity index (χ0n) is 9.78. The molecule has 1 aromatic rings. The van der Waals surface area contributed by atoms with E-state index in [1.54, 1.807) is 6.20 Å². The molecule has 0 bridgehead atoms. The van der Waals surface area contributed by atoms with Crippen LogP contribution in [0.25, 0.3) is 0 Å². The summed E-state index contributed by atoms with van der Waals surface area (Å²) in [6, 6.07) is 2.39. The van der Waals surface area contributed by atoms with Gasteiger partial charge in [0, 0.05) is 12.2 Å². The molecular formula is C12H18ClN3. The smallest absolute Gasteiger partial charge is 0.224 e. The largest absolute Gasteiger partial charge is 0.367 e. The van der Waals surface area contributed by atoms with E-state index in [1.807, 2.05) is 6.07 Å². The third kappa shape index (κ3) is 3.08. The quantitative estimate of drug-likeness (QED) is 0.805. The first-order valence-corrected chi connectivity index (χ1v) is 6.26. The molecule has 0 amide bonds. The third-order valence-electron chi connectivity index (χ3n) is 3.16. The molecule has 1 saturated carbocycles. The number of halogens is 1. The second-order valence-corrected chi connectivity index (χ2v) is 5.31. The van der Waals surface area contributed by atoms with Crippen molar-refractivity contribution in [3.8, 4) is 0 Å². The molecule has 0 radical (unpaired) electrons. The molecule has 4 heteroatoms. The summed E-state index contributed by atoms with van der Waals surface area (Å²) in [4.78, 5) is 8.04. The maximum Gasteiger partial charge on any atom is 0.224 e. The van der Waals surface area contributed by atoms with Crippen LogP contribution in [-0.4, -0.2) is 16.0 Å². The summed E-state index contributed by atoms with van der Waals surface area (Å²) in [5, 5.41) is 3.75. The molecule has 2 rings (SSSR count). The molecule has 0 spiro atoms. The Labute approximate surface area is 102 Å². The molecule has 1 heterocycles. The molecule has 0 aromatic carbocycles. The van der Waals surface area contributed by atoms with Crippen molar-refractivity contribution in [3.05, 3.63) is 17.5 Å². The van der Waals surface area contributed by atoms with Gasteiger partial charge in [0.2, 0.25) is 5.28 Å². The highest BCUT2D eigenvalue weighted by atomic mass is 35.5. The molecule has 3 nitrogen and oxygen atoms in total. The number of hydrogen-bond acceptors (Lipinski definition) is 3. The van der Waals surface area contributed by atoms with Gasteiger partial charge in [0.25, 0.3) is 0 Å². The first kappa shape index (κ1) is 11.6. The van der Waals surface area contributed by atoms with Gasteiger partial charge in [-0.3, -0.25) is 0 Å². The molecule has 1 aliphatic rings. The lowest BCUT2D eigenvalue weighted by atomic mass is 9.80. The van der Waals surface area contributed by atoms with Crippen molar-refractivity contribution in [2.24, 2.45) is 11.8 Å². The van der Waals surface area contributed by atoms with E-state index in [0.717, 1.165) is 17.7 Å². The number of rotatable bonds is 2. The first-order chi connectivity index (χ1) is 7.63. The van der Waals surface area contributed by atoms with Gasteiger partial charge >= 0.3 is 0 Å². The van der Waals surface area contributed by atoms with Crippen molar-refractivity contribution >= 4 is 17.4 Å². The lowest BCUT2D eigenvalue weighted by Gasteiger charge is -2.32. The monoisotopic (exact) mass is 239 g/mol. The number of nitrogens with zero attached hydrogens (tertiary/aromatic N) is 2. The Morgan fingerprint density at radius 3 is 2.56 bits per heavy atom. The molecule has 1 N–H and O–H groups in total. The maximum atomic E-state index is 5.76. The van der Waals surface area contributed by atoms with Crippen molar-refractivity contribution in [1.82, 2.24) is 9.97 Å². The second-order valence-electron chi connectivity index (χ2n) is 4.97. The summed E-state index contributed by atoms with van der Waals surface area (Å²) >= 11 is 5.76. The molecule has 88 valence electrons. The number of nitrogens with one attached hydrogen (secondary N) is 1. The summed E-state index contributed by atoms with van der Waals surface area (Å²) in [7, 11) is 0. The van der Waals surface area contributed by atoms with E-state index in [9.17, 15) is 0 Å². The van der Waals surface area contributed by atoms with Crippen LogP contribution in [0.5, 0.6) is 0 Å². The van der Waals surface area contributed by atoms with Gasteiger partial charge in [0.05, 0.1) is 0 Å². The van der Waals surface area contributed by atoms with Gasteiger partial charge < -0.3 is 5.32 Å². The third-order valence-corrected chi connectivity index (χ3v) is 3.34. The zero-order chi connectivity index (χ0) is 11.5. The average Bonchev–Trinajstić information content (AvgIpc) is 2.15. The Morgan fingerprint density at radius 2 is 1.94 bits per heavy atom. The molecule has 1 fully saturated rings. The summed E-state index contributed by atoms with van der Waals surface area (Å²) in [5.74, 6) is 2.42. The van der Waals surface area contributed by atoms with Crippen LogP contribution >= 0.6 is 11.6 Å². The highest BCUT2D eigenvalue weighted by Crippen LogP contribution is 2.30. The minimum atomic E-state index is 0.307. The molecular weight excluding hydrogens is 222 g/mol. The van der Waals surface area contributed by atoms with Crippen molar-refractivity contribution in [2.45, 2.75) is 39.2 Å². The average molecular weight is 240 g/mol. The summed E-state index contributed by atoms with van der Waals surface area (Å²) in [6.45, 7) is 4.63. The Morgan fingerprint density at radius 1 is 1.25 bits per heavy atom. The SMILES string of the molecule is CC1CC(C)CC(Nc2ccnc(Cl)n2)C1. The summed E-state index contributed by atoms with van der Waals surface area (Å²) < 4.78 is 0. The van der Waals surface area contributed by atoms with Crippen LogP contribution in [0.4, 0.5) is 5.82 Å². The highest BCUT2D eigenvalue weighted by molar-refractivity contribution is 6.28. The minimum Gasteiger partial charge on any atom is -0.367 e. The van der Waals surface area contributed by atoms with Gasteiger partial charge in [-0.2, -0.15) is 0 Å². The van der Waals surface area contributed by atoms with Gasteiger partial charge in [0.15, 0.2) is 0 Å². The van der Waals surface area contributed by atoms with E-state index in [1.165, 1.54) is 19.3 Å². The van der Waals surface area contributed by atoms with Crippen LogP contribution in [0.3, 0.4) is 0 Å². The highest BCUT2D eigenvalue weighted by Gasteiger charge is 2.23. The van der Waals surface area contributed by atoms with Gasteiger partial charge in [-0.1, -0.05) is 13.8 Å². The van der Waals surface area contributed by atoms with Crippen LogP contribution in [-0.2, 0) is 0 Å². The van der Waals surface area contributed by atoms with Gasteiger partial charge in [-0.25, -0.2) is 9.97 Å². The molecule has 1 aliphatic carbocycles. The van der Waals surface area contributed by atoms with Gasteiger partial charge in [0.1, 0.15) is 5.82 Å².